The van der Waals surface area contributed by atoms with Crippen LogP contribution in [0.25, 0.3) is 5.57 Å². The molecule has 0 saturated carbocycles. The number of para-hydroxylation sites is 1. The minimum Gasteiger partial charge on any atom is -0.483 e. The second-order valence-electron chi connectivity index (χ2n) is 4.57. The summed E-state index contributed by atoms with van der Waals surface area (Å²) in [5.74, 6) is 1.02. The quantitative estimate of drug-likeness (QED) is 0.667. The Morgan fingerprint density at radius 1 is 1.20 bits per heavy atom. The largest absolute Gasteiger partial charge is 0.483 e. The van der Waals surface area contributed by atoms with Crippen LogP contribution in [0.1, 0.15) is 39.7 Å². The van der Waals surface area contributed by atoms with Crippen LogP contribution < -0.4 is 4.74 Å². The van der Waals surface area contributed by atoms with Gasteiger partial charge in [-0.1, -0.05) is 25.1 Å². The highest BCUT2D eigenvalue weighted by atomic mass is 16.5. The summed E-state index contributed by atoms with van der Waals surface area (Å²) in [5.41, 5.74) is 3.88. The predicted octanol–water partition coefficient (Wildman–Crippen LogP) is 4.04. The first-order valence-electron chi connectivity index (χ1n) is 5.55. The van der Waals surface area contributed by atoms with Crippen molar-refractivity contribution in [1.82, 2.24) is 0 Å². The lowest BCUT2D eigenvalue weighted by atomic mass is 9.86. The van der Waals surface area contributed by atoms with Crippen LogP contribution >= 0.6 is 0 Å². The SMILES string of the molecule is CCC1=C(C)C(C)(C)Oc2ccccc21. The summed E-state index contributed by atoms with van der Waals surface area (Å²) in [6.45, 7) is 8.65. The normalized spacial score (nSPS) is 18.4. The van der Waals surface area contributed by atoms with Crippen molar-refractivity contribution in [3.63, 3.8) is 0 Å². The fraction of sp³-hybridized carbons (Fsp3) is 0.429. The molecule has 1 aromatic rings. The molecule has 1 aromatic carbocycles. The van der Waals surface area contributed by atoms with Crippen LogP contribution in [0.2, 0.25) is 0 Å². The van der Waals surface area contributed by atoms with Gasteiger partial charge in [-0.15, -0.1) is 0 Å². The lowest BCUT2D eigenvalue weighted by Crippen LogP contribution is -2.33. The Hall–Kier alpha value is -1.24. The Kier molecular flexibility index (Phi) is 2.34. The van der Waals surface area contributed by atoms with Crippen LogP contribution in [0.5, 0.6) is 5.75 Å². The van der Waals surface area contributed by atoms with Gasteiger partial charge in [0.1, 0.15) is 11.4 Å². The van der Waals surface area contributed by atoms with Crippen molar-refractivity contribution in [2.75, 3.05) is 0 Å². The first-order valence-corrected chi connectivity index (χ1v) is 5.55. The Morgan fingerprint density at radius 3 is 2.53 bits per heavy atom. The molecule has 15 heavy (non-hydrogen) atoms. The molecule has 1 heteroatoms. The Balaban J connectivity index is 2.64. The van der Waals surface area contributed by atoms with Crippen LogP contribution in [0.3, 0.4) is 0 Å². The van der Waals surface area contributed by atoms with E-state index in [2.05, 4.69) is 45.9 Å². The van der Waals surface area contributed by atoms with E-state index in [9.17, 15) is 0 Å². The maximum Gasteiger partial charge on any atom is 0.128 e. The van der Waals surface area contributed by atoms with Crippen molar-refractivity contribution in [2.45, 2.75) is 39.7 Å². The van der Waals surface area contributed by atoms with E-state index in [0.717, 1.165) is 12.2 Å². The molecule has 0 saturated heterocycles. The van der Waals surface area contributed by atoms with Crippen molar-refractivity contribution in [1.29, 1.82) is 0 Å². The van der Waals surface area contributed by atoms with Crippen LogP contribution in [0, 0.1) is 0 Å². The van der Waals surface area contributed by atoms with Crippen LogP contribution in [-0.4, -0.2) is 5.60 Å². The van der Waals surface area contributed by atoms with Gasteiger partial charge in [-0.25, -0.2) is 0 Å². The van der Waals surface area contributed by atoms with Gasteiger partial charge < -0.3 is 4.74 Å². The van der Waals surface area contributed by atoms with Gasteiger partial charge in [-0.2, -0.15) is 0 Å². The van der Waals surface area contributed by atoms with Gasteiger partial charge in [-0.3, -0.25) is 0 Å². The standard InChI is InChI=1S/C14H18O/c1-5-11-10(2)14(3,4)15-13-9-7-6-8-12(11)13/h6-9H,5H2,1-4H3. The summed E-state index contributed by atoms with van der Waals surface area (Å²) >= 11 is 0. The topological polar surface area (TPSA) is 9.23 Å². The van der Waals surface area contributed by atoms with E-state index in [-0.39, 0.29) is 5.60 Å². The van der Waals surface area contributed by atoms with Crippen molar-refractivity contribution < 1.29 is 4.74 Å². The first kappa shape index (κ1) is 10.3. The predicted molar refractivity (Wildman–Crippen MR) is 64.0 cm³/mol. The molecule has 2 rings (SSSR count). The fourth-order valence-electron chi connectivity index (χ4n) is 2.18. The lowest BCUT2D eigenvalue weighted by Gasteiger charge is -2.35. The second kappa shape index (κ2) is 3.41. The highest BCUT2D eigenvalue weighted by Crippen LogP contribution is 2.41. The summed E-state index contributed by atoms with van der Waals surface area (Å²) in [6, 6.07) is 8.30. The Bertz CT molecular complexity index is 413. The minimum absolute atomic E-state index is 0.167. The van der Waals surface area contributed by atoms with E-state index in [4.69, 9.17) is 4.74 Å². The molecule has 0 spiro atoms. The van der Waals surface area contributed by atoms with Crippen molar-refractivity contribution in [3.05, 3.63) is 35.4 Å². The monoisotopic (exact) mass is 202 g/mol. The molecule has 1 aliphatic rings. The summed E-state index contributed by atoms with van der Waals surface area (Å²) in [6.07, 6.45) is 1.07. The van der Waals surface area contributed by atoms with Crippen molar-refractivity contribution >= 4 is 5.57 Å². The molecule has 0 unspecified atom stereocenters. The molecular formula is C14H18O. The number of hydrogen-bond donors (Lipinski definition) is 0. The molecule has 0 aromatic heterocycles. The number of hydrogen-bond acceptors (Lipinski definition) is 1. The molecule has 0 radical (unpaired) electrons. The third kappa shape index (κ3) is 1.56. The van der Waals surface area contributed by atoms with E-state index in [1.165, 1.54) is 16.7 Å². The van der Waals surface area contributed by atoms with Gasteiger partial charge in [0.05, 0.1) is 0 Å². The Morgan fingerprint density at radius 2 is 1.87 bits per heavy atom. The highest BCUT2D eigenvalue weighted by molar-refractivity contribution is 5.75. The summed E-state index contributed by atoms with van der Waals surface area (Å²) in [4.78, 5) is 0. The molecular weight excluding hydrogens is 184 g/mol. The third-order valence-electron chi connectivity index (χ3n) is 3.29. The zero-order chi connectivity index (χ0) is 11.1. The summed E-state index contributed by atoms with van der Waals surface area (Å²) in [7, 11) is 0. The van der Waals surface area contributed by atoms with Gasteiger partial charge in [0.15, 0.2) is 0 Å². The van der Waals surface area contributed by atoms with E-state index >= 15 is 0 Å². The molecule has 0 aliphatic carbocycles. The first-order chi connectivity index (χ1) is 7.06. The van der Waals surface area contributed by atoms with Crippen LogP contribution in [-0.2, 0) is 0 Å². The molecule has 1 nitrogen and oxygen atoms in total. The number of benzene rings is 1. The molecule has 0 bridgehead atoms. The van der Waals surface area contributed by atoms with Crippen molar-refractivity contribution in [2.24, 2.45) is 0 Å². The second-order valence-corrected chi connectivity index (χ2v) is 4.57. The van der Waals surface area contributed by atoms with Gasteiger partial charge in [0, 0.05) is 5.56 Å². The smallest absolute Gasteiger partial charge is 0.128 e. The average Bonchev–Trinajstić information content (AvgIpc) is 2.19. The van der Waals surface area contributed by atoms with Crippen molar-refractivity contribution in [3.8, 4) is 5.75 Å². The minimum atomic E-state index is -0.167. The van der Waals surface area contributed by atoms with E-state index in [1.54, 1.807) is 0 Å². The Labute approximate surface area is 91.8 Å². The summed E-state index contributed by atoms with van der Waals surface area (Å²) < 4.78 is 6.01. The molecule has 0 N–H and O–H groups in total. The molecule has 0 fully saturated rings. The van der Waals surface area contributed by atoms with E-state index in [1.807, 2.05) is 6.07 Å². The molecule has 1 aliphatic heterocycles. The zero-order valence-electron chi connectivity index (χ0n) is 9.92. The number of allylic oxidation sites excluding steroid dienone is 1. The number of fused-ring (bicyclic) bond motifs is 1. The van der Waals surface area contributed by atoms with Gasteiger partial charge in [-0.05, 0) is 44.4 Å². The zero-order valence-corrected chi connectivity index (χ0v) is 9.92. The van der Waals surface area contributed by atoms with E-state index in [0.29, 0.717) is 0 Å². The van der Waals surface area contributed by atoms with Gasteiger partial charge in [0.25, 0.3) is 0 Å². The molecule has 1 heterocycles. The van der Waals surface area contributed by atoms with Gasteiger partial charge in [0.2, 0.25) is 0 Å². The number of rotatable bonds is 1. The van der Waals surface area contributed by atoms with Crippen LogP contribution in [0.15, 0.2) is 29.8 Å². The maximum absolute atomic E-state index is 6.01. The van der Waals surface area contributed by atoms with E-state index < -0.39 is 0 Å². The molecule has 0 atom stereocenters. The summed E-state index contributed by atoms with van der Waals surface area (Å²) in [5, 5.41) is 0. The van der Waals surface area contributed by atoms with Gasteiger partial charge >= 0.3 is 0 Å². The van der Waals surface area contributed by atoms with Crippen LogP contribution in [0.4, 0.5) is 0 Å². The maximum atomic E-state index is 6.01. The molecule has 80 valence electrons. The third-order valence-corrected chi connectivity index (χ3v) is 3.29. The fourth-order valence-corrected chi connectivity index (χ4v) is 2.18. The lowest BCUT2D eigenvalue weighted by molar-refractivity contribution is 0.144. The number of ether oxygens (including phenoxy) is 1. The average molecular weight is 202 g/mol. The highest BCUT2D eigenvalue weighted by Gasteiger charge is 2.30. The molecule has 0 amide bonds.